The molecular weight excluding hydrogens is 294 g/mol. The topological polar surface area (TPSA) is 74.6 Å². The molecule has 1 heterocycles. The van der Waals surface area contributed by atoms with E-state index < -0.39 is 6.03 Å². The third-order valence-corrected chi connectivity index (χ3v) is 3.50. The second-order valence-electron chi connectivity index (χ2n) is 5.07. The molecule has 0 atom stereocenters. The quantitative estimate of drug-likeness (QED) is 0.853. The van der Waals surface area contributed by atoms with E-state index in [4.69, 9.17) is 5.11 Å². The van der Waals surface area contributed by atoms with Crippen LogP contribution in [0.1, 0.15) is 12.5 Å². The average Bonchev–Trinajstić information content (AvgIpc) is 2.57. The lowest BCUT2D eigenvalue weighted by Crippen LogP contribution is -2.38. The predicted octanol–water partition coefficient (Wildman–Crippen LogP) is 1.74. The zero-order chi connectivity index (χ0) is 16.7. The van der Waals surface area contributed by atoms with Crippen molar-refractivity contribution < 1.29 is 9.90 Å². The summed E-state index contributed by atoms with van der Waals surface area (Å²) < 4.78 is 1.55. The largest absolute Gasteiger partial charge is 0.395 e. The first-order valence-electron chi connectivity index (χ1n) is 7.56. The van der Waals surface area contributed by atoms with Crippen LogP contribution in [0.5, 0.6) is 0 Å². The van der Waals surface area contributed by atoms with Crippen molar-refractivity contribution in [2.45, 2.75) is 13.5 Å². The normalized spacial score (nSPS) is 10.3. The second-order valence-corrected chi connectivity index (χ2v) is 5.07. The smallest absolute Gasteiger partial charge is 0.322 e. The Balaban J connectivity index is 2.16. The molecule has 0 fully saturated rings. The molecular formula is C17H21N3O3. The zero-order valence-corrected chi connectivity index (χ0v) is 13.1. The Morgan fingerprint density at radius 1 is 1.22 bits per heavy atom. The summed E-state index contributed by atoms with van der Waals surface area (Å²) in [5.41, 5.74) is 0.975. The van der Waals surface area contributed by atoms with Gasteiger partial charge in [-0.1, -0.05) is 30.3 Å². The Morgan fingerprint density at radius 2 is 1.96 bits per heavy atom. The Kier molecular flexibility index (Phi) is 5.94. The fraction of sp³-hybridized carbons (Fsp3) is 0.294. The highest BCUT2D eigenvalue weighted by Gasteiger charge is 2.13. The fourth-order valence-corrected chi connectivity index (χ4v) is 2.25. The SMILES string of the molecule is CCN(CCO)C(=O)Nc1cccn(Cc2ccccc2)c1=O. The maximum atomic E-state index is 12.5. The molecule has 2 N–H and O–H groups in total. The number of nitrogens with zero attached hydrogens (tertiary/aromatic N) is 2. The minimum atomic E-state index is -0.392. The van der Waals surface area contributed by atoms with Crippen molar-refractivity contribution in [3.63, 3.8) is 0 Å². The summed E-state index contributed by atoms with van der Waals surface area (Å²) in [5.74, 6) is 0. The van der Waals surface area contributed by atoms with Crippen LogP contribution in [0.4, 0.5) is 10.5 Å². The molecule has 2 amide bonds. The average molecular weight is 315 g/mol. The molecule has 23 heavy (non-hydrogen) atoms. The fourth-order valence-electron chi connectivity index (χ4n) is 2.25. The van der Waals surface area contributed by atoms with E-state index in [1.807, 2.05) is 37.3 Å². The number of aliphatic hydroxyl groups excluding tert-OH is 1. The minimum absolute atomic E-state index is 0.117. The Hall–Kier alpha value is -2.60. The van der Waals surface area contributed by atoms with Crippen LogP contribution in [0.3, 0.4) is 0 Å². The van der Waals surface area contributed by atoms with Gasteiger partial charge in [0.05, 0.1) is 13.2 Å². The number of anilines is 1. The van der Waals surface area contributed by atoms with Gasteiger partial charge in [0.2, 0.25) is 0 Å². The van der Waals surface area contributed by atoms with Crippen LogP contribution in [-0.2, 0) is 6.54 Å². The number of carbonyl (C=O) groups is 1. The molecule has 122 valence electrons. The predicted molar refractivity (Wildman–Crippen MR) is 89.6 cm³/mol. The maximum absolute atomic E-state index is 12.5. The van der Waals surface area contributed by atoms with Crippen molar-refractivity contribution in [3.05, 3.63) is 64.6 Å². The minimum Gasteiger partial charge on any atom is -0.395 e. The van der Waals surface area contributed by atoms with E-state index in [1.54, 1.807) is 22.9 Å². The third kappa shape index (κ3) is 4.43. The van der Waals surface area contributed by atoms with E-state index in [0.717, 1.165) is 5.56 Å². The number of amides is 2. The second kappa shape index (κ2) is 8.14. The van der Waals surface area contributed by atoms with Crippen molar-refractivity contribution in [3.8, 4) is 0 Å². The molecule has 6 nitrogen and oxygen atoms in total. The van der Waals surface area contributed by atoms with Gasteiger partial charge in [0.15, 0.2) is 0 Å². The lowest BCUT2D eigenvalue weighted by atomic mass is 10.2. The van der Waals surface area contributed by atoms with E-state index in [9.17, 15) is 9.59 Å². The summed E-state index contributed by atoms with van der Waals surface area (Å²) in [6.45, 7) is 2.82. The van der Waals surface area contributed by atoms with Crippen molar-refractivity contribution in [2.24, 2.45) is 0 Å². The lowest BCUT2D eigenvalue weighted by Gasteiger charge is -2.20. The standard InChI is InChI=1S/C17H21N3O3/c1-2-19(11-12-21)17(23)18-15-9-6-10-20(16(15)22)13-14-7-4-3-5-8-14/h3-10,21H,2,11-13H2,1H3,(H,18,23). The van der Waals surface area contributed by atoms with Crippen LogP contribution in [-0.4, -0.2) is 40.3 Å². The number of nitrogens with one attached hydrogen (secondary N) is 1. The highest BCUT2D eigenvalue weighted by Crippen LogP contribution is 2.05. The molecule has 2 aromatic rings. The summed E-state index contributed by atoms with van der Waals surface area (Å²) in [4.78, 5) is 26.0. The van der Waals surface area contributed by atoms with Gasteiger partial charge in [-0.2, -0.15) is 0 Å². The summed E-state index contributed by atoms with van der Waals surface area (Å²) >= 11 is 0. The van der Waals surface area contributed by atoms with Gasteiger partial charge >= 0.3 is 6.03 Å². The van der Waals surface area contributed by atoms with E-state index in [0.29, 0.717) is 13.1 Å². The molecule has 0 radical (unpaired) electrons. The first kappa shape index (κ1) is 16.8. The van der Waals surface area contributed by atoms with Crippen LogP contribution >= 0.6 is 0 Å². The number of urea groups is 1. The molecule has 6 heteroatoms. The summed E-state index contributed by atoms with van der Waals surface area (Å²) in [6.07, 6.45) is 1.69. The molecule has 0 spiro atoms. The van der Waals surface area contributed by atoms with E-state index in [1.165, 1.54) is 4.90 Å². The molecule has 0 aliphatic carbocycles. The van der Waals surface area contributed by atoms with Gasteiger partial charge in [0.25, 0.3) is 5.56 Å². The number of carbonyl (C=O) groups excluding carboxylic acids is 1. The van der Waals surface area contributed by atoms with Crippen LogP contribution in [0.2, 0.25) is 0 Å². The number of pyridine rings is 1. The molecule has 0 aliphatic heterocycles. The number of hydrogen-bond acceptors (Lipinski definition) is 3. The van der Waals surface area contributed by atoms with E-state index in [-0.39, 0.29) is 24.4 Å². The summed E-state index contributed by atoms with van der Waals surface area (Å²) in [5, 5.41) is 11.6. The van der Waals surface area contributed by atoms with Crippen molar-refractivity contribution >= 4 is 11.7 Å². The van der Waals surface area contributed by atoms with Crippen molar-refractivity contribution in [1.82, 2.24) is 9.47 Å². The first-order chi connectivity index (χ1) is 11.2. The maximum Gasteiger partial charge on any atom is 0.322 e. The number of hydrogen-bond donors (Lipinski definition) is 2. The summed E-state index contributed by atoms with van der Waals surface area (Å²) in [6, 6.07) is 12.5. The van der Waals surface area contributed by atoms with Gasteiger partial charge in [-0.15, -0.1) is 0 Å². The first-order valence-corrected chi connectivity index (χ1v) is 7.56. The van der Waals surface area contributed by atoms with Crippen LogP contribution < -0.4 is 10.9 Å². The zero-order valence-electron chi connectivity index (χ0n) is 13.1. The Morgan fingerprint density at radius 3 is 2.61 bits per heavy atom. The van der Waals surface area contributed by atoms with Gasteiger partial charge in [-0.05, 0) is 24.6 Å². The monoisotopic (exact) mass is 315 g/mol. The van der Waals surface area contributed by atoms with Gasteiger partial charge < -0.3 is 19.9 Å². The van der Waals surface area contributed by atoms with Crippen LogP contribution in [0, 0.1) is 0 Å². The Bertz CT molecular complexity index is 698. The molecule has 0 saturated heterocycles. The van der Waals surface area contributed by atoms with Crippen molar-refractivity contribution in [2.75, 3.05) is 25.0 Å². The Labute approximate surface area is 135 Å². The molecule has 0 bridgehead atoms. The molecule has 1 aromatic heterocycles. The van der Waals surface area contributed by atoms with Crippen LogP contribution in [0.15, 0.2) is 53.5 Å². The molecule has 0 unspecified atom stereocenters. The van der Waals surface area contributed by atoms with Gasteiger partial charge in [-0.3, -0.25) is 4.79 Å². The van der Waals surface area contributed by atoms with Gasteiger partial charge in [-0.25, -0.2) is 4.79 Å². The molecule has 0 saturated carbocycles. The lowest BCUT2D eigenvalue weighted by molar-refractivity contribution is 0.192. The number of aliphatic hydroxyl groups is 1. The third-order valence-electron chi connectivity index (χ3n) is 3.50. The number of benzene rings is 1. The van der Waals surface area contributed by atoms with Crippen molar-refractivity contribution in [1.29, 1.82) is 0 Å². The molecule has 2 rings (SSSR count). The highest BCUT2D eigenvalue weighted by atomic mass is 16.3. The molecule has 1 aromatic carbocycles. The summed E-state index contributed by atoms with van der Waals surface area (Å²) in [7, 11) is 0. The van der Waals surface area contributed by atoms with E-state index >= 15 is 0 Å². The van der Waals surface area contributed by atoms with Crippen LogP contribution in [0.25, 0.3) is 0 Å². The number of likely N-dealkylation sites (N-methyl/N-ethyl adjacent to an activating group) is 1. The van der Waals surface area contributed by atoms with E-state index in [2.05, 4.69) is 5.32 Å². The van der Waals surface area contributed by atoms with Gasteiger partial charge in [0, 0.05) is 19.3 Å². The number of aromatic nitrogens is 1. The highest BCUT2D eigenvalue weighted by molar-refractivity contribution is 5.89. The van der Waals surface area contributed by atoms with Gasteiger partial charge in [0.1, 0.15) is 5.69 Å². The number of rotatable bonds is 6. The molecule has 0 aliphatic rings.